The zero-order valence-electron chi connectivity index (χ0n) is 12.3. The molecule has 0 aliphatic carbocycles. The van der Waals surface area contributed by atoms with E-state index in [2.05, 4.69) is 32.2 Å². The largest absolute Gasteiger partial charge is 0.420 e. The second-order valence-corrected chi connectivity index (χ2v) is 7.16. The average Bonchev–Trinajstić information content (AvgIpc) is 3.24. The summed E-state index contributed by atoms with van der Waals surface area (Å²) in [7, 11) is 0. The molecule has 1 aliphatic heterocycles. The lowest BCUT2D eigenvalue weighted by Crippen LogP contribution is -2.20. The number of nitrogens with two attached hydrogens (primary N) is 1. The Morgan fingerprint density at radius 2 is 2.08 bits per heavy atom. The average molecular weight is 399 g/mol. The minimum absolute atomic E-state index is 0.109. The van der Waals surface area contributed by atoms with Crippen LogP contribution in [0.4, 0.5) is 0 Å². The van der Waals surface area contributed by atoms with Crippen molar-refractivity contribution in [2.45, 2.75) is 5.92 Å². The third-order valence-electron chi connectivity index (χ3n) is 3.90. The highest BCUT2D eigenvalue weighted by Crippen LogP contribution is 2.46. The van der Waals surface area contributed by atoms with Crippen molar-refractivity contribution < 1.29 is 4.74 Å². The van der Waals surface area contributed by atoms with E-state index in [-0.39, 0.29) is 11.8 Å². The Morgan fingerprint density at radius 1 is 1.29 bits per heavy atom. The van der Waals surface area contributed by atoms with Gasteiger partial charge >= 0.3 is 0 Å². The zero-order valence-corrected chi connectivity index (χ0v) is 14.7. The van der Waals surface area contributed by atoms with Crippen LogP contribution in [0.25, 0.3) is 11.3 Å². The molecule has 0 amide bonds. The van der Waals surface area contributed by atoms with E-state index in [9.17, 15) is 5.26 Å². The van der Waals surface area contributed by atoms with Crippen LogP contribution in [0, 0.1) is 11.3 Å². The number of H-pyrrole nitrogens is 1. The molecule has 24 heavy (non-hydrogen) atoms. The first-order valence-electron chi connectivity index (χ1n) is 7.14. The number of nitrogens with zero attached hydrogens (tertiary/aromatic N) is 2. The van der Waals surface area contributed by atoms with Gasteiger partial charge in [-0.25, -0.2) is 0 Å². The van der Waals surface area contributed by atoms with Gasteiger partial charge in [0.1, 0.15) is 11.6 Å². The summed E-state index contributed by atoms with van der Waals surface area (Å²) in [4.78, 5) is 1.03. The number of fused-ring (bicyclic) bond motifs is 1. The highest BCUT2D eigenvalue weighted by molar-refractivity contribution is 9.10. The highest BCUT2D eigenvalue weighted by atomic mass is 79.9. The summed E-state index contributed by atoms with van der Waals surface area (Å²) < 4.78 is 6.57. The van der Waals surface area contributed by atoms with E-state index in [1.807, 2.05) is 41.8 Å². The van der Waals surface area contributed by atoms with Crippen LogP contribution < -0.4 is 10.5 Å². The number of hydrogen-bond acceptors (Lipinski definition) is 5. The molecule has 2 aromatic heterocycles. The molecule has 5 nitrogen and oxygen atoms in total. The highest BCUT2D eigenvalue weighted by Gasteiger charge is 2.36. The van der Waals surface area contributed by atoms with Crippen LogP contribution >= 0.6 is 27.3 Å². The van der Waals surface area contributed by atoms with Gasteiger partial charge in [0.2, 0.25) is 11.8 Å². The van der Waals surface area contributed by atoms with E-state index in [1.165, 1.54) is 0 Å². The van der Waals surface area contributed by atoms with Gasteiger partial charge in [-0.2, -0.15) is 5.26 Å². The van der Waals surface area contributed by atoms with E-state index in [0.29, 0.717) is 11.5 Å². The van der Waals surface area contributed by atoms with Gasteiger partial charge in [-0.05, 0) is 23.6 Å². The molecule has 7 heteroatoms. The lowest BCUT2D eigenvalue weighted by atomic mass is 9.87. The topological polar surface area (TPSA) is 87.7 Å². The Bertz CT molecular complexity index is 967. The van der Waals surface area contributed by atoms with Gasteiger partial charge in [0.15, 0.2) is 0 Å². The number of allylic oxidation sites excluding steroid dienone is 1. The molecule has 0 bridgehead atoms. The van der Waals surface area contributed by atoms with Crippen LogP contribution in [0.15, 0.2) is 57.7 Å². The van der Waals surface area contributed by atoms with E-state index < -0.39 is 0 Å². The number of halogens is 1. The number of aromatic nitrogens is 2. The first-order chi connectivity index (χ1) is 11.7. The predicted molar refractivity (Wildman–Crippen MR) is 95.3 cm³/mol. The van der Waals surface area contributed by atoms with Gasteiger partial charge in [-0.15, -0.1) is 16.4 Å². The Kier molecular flexibility index (Phi) is 3.63. The number of rotatable bonds is 2. The van der Waals surface area contributed by atoms with Crippen LogP contribution in [-0.2, 0) is 0 Å². The maximum Gasteiger partial charge on any atom is 0.244 e. The number of ether oxygens (including phenoxy) is 1. The third kappa shape index (κ3) is 2.31. The lowest BCUT2D eigenvalue weighted by molar-refractivity contribution is 0.379. The summed E-state index contributed by atoms with van der Waals surface area (Å²) in [6.45, 7) is 0. The fourth-order valence-electron chi connectivity index (χ4n) is 2.82. The molecule has 1 atom stereocenters. The van der Waals surface area contributed by atoms with Crippen molar-refractivity contribution in [3.63, 3.8) is 0 Å². The summed E-state index contributed by atoms with van der Waals surface area (Å²) in [6, 6.07) is 14.0. The smallest absolute Gasteiger partial charge is 0.244 e. The van der Waals surface area contributed by atoms with Crippen LogP contribution in [-0.4, -0.2) is 10.2 Å². The van der Waals surface area contributed by atoms with Crippen LogP contribution in [0.3, 0.4) is 0 Å². The summed E-state index contributed by atoms with van der Waals surface area (Å²) in [5.74, 6) is 0.247. The Balaban J connectivity index is 1.94. The molecular formula is C17H11BrN4OS. The first kappa shape index (κ1) is 15.0. The van der Waals surface area contributed by atoms with E-state index >= 15 is 0 Å². The number of nitrogens with one attached hydrogen (secondary N) is 1. The normalized spacial score (nSPS) is 16.4. The fraction of sp³-hybridized carbons (Fsp3) is 0.0588. The number of hydrogen-bond donors (Lipinski definition) is 2. The van der Waals surface area contributed by atoms with Gasteiger partial charge < -0.3 is 10.5 Å². The molecule has 0 saturated carbocycles. The van der Waals surface area contributed by atoms with E-state index in [4.69, 9.17) is 10.5 Å². The molecule has 1 aromatic carbocycles. The Morgan fingerprint density at radius 3 is 2.75 bits per heavy atom. The van der Waals surface area contributed by atoms with Crippen molar-refractivity contribution in [3.05, 3.63) is 68.1 Å². The van der Waals surface area contributed by atoms with Gasteiger partial charge in [0, 0.05) is 14.9 Å². The monoisotopic (exact) mass is 398 g/mol. The summed E-state index contributed by atoms with van der Waals surface area (Å²) >= 11 is 5.02. The van der Waals surface area contributed by atoms with Crippen LogP contribution in [0.1, 0.15) is 16.4 Å². The Hall–Kier alpha value is -2.56. The van der Waals surface area contributed by atoms with Crippen LogP contribution in [0.5, 0.6) is 5.88 Å². The van der Waals surface area contributed by atoms with Crippen molar-refractivity contribution in [2.24, 2.45) is 5.73 Å². The standard InChI is InChI=1S/C17H11BrN4OS/c18-10-5-3-9(4-6-10)15-14-13(12-2-1-7-24-12)11(8-19)16(20)23-17(14)22-21-15/h1-7,13H,20H2,(H,21,22)/t13-/m0/s1. The van der Waals surface area contributed by atoms with Crippen LogP contribution in [0.2, 0.25) is 0 Å². The van der Waals surface area contributed by atoms with Gasteiger partial charge in [-0.3, -0.25) is 5.10 Å². The van der Waals surface area contributed by atoms with Gasteiger partial charge in [0.25, 0.3) is 0 Å². The lowest BCUT2D eigenvalue weighted by Gasteiger charge is -2.22. The number of nitriles is 1. The first-order valence-corrected chi connectivity index (χ1v) is 8.81. The van der Waals surface area contributed by atoms with Crippen molar-refractivity contribution in [1.82, 2.24) is 10.2 Å². The SMILES string of the molecule is N#CC1=C(N)Oc2n[nH]c(-c3ccc(Br)cc3)c2[C@@H]1c1cccs1. The Labute approximate surface area is 150 Å². The molecule has 3 aromatic rings. The van der Waals surface area contributed by atoms with Crippen molar-refractivity contribution in [3.8, 4) is 23.2 Å². The minimum Gasteiger partial charge on any atom is -0.420 e. The van der Waals surface area contributed by atoms with Crippen molar-refractivity contribution in [1.29, 1.82) is 5.26 Å². The zero-order chi connectivity index (χ0) is 16.7. The van der Waals surface area contributed by atoms with Crippen molar-refractivity contribution >= 4 is 27.3 Å². The molecule has 0 unspecified atom stereocenters. The molecular weight excluding hydrogens is 388 g/mol. The molecule has 0 saturated heterocycles. The second kappa shape index (κ2) is 5.82. The van der Waals surface area contributed by atoms with E-state index in [1.54, 1.807) is 11.3 Å². The fourth-order valence-corrected chi connectivity index (χ4v) is 3.93. The van der Waals surface area contributed by atoms with Gasteiger partial charge in [0.05, 0.1) is 17.2 Å². The molecule has 0 radical (unpaired) electrons. The quantitative estimate of drug-likeness (QED) is 0.679. The second-order valence-electron chi connectivity index (χ2n) is 5.26. The molecule has 118 valence electrons. The maximum absolute atomic E-state index is 9.59. The maximum atomic E-state index is 9.59. The molecule has 1 aliphatic rings. The number of thiophene rings is 1. The predicted octanol–water partition coefficient (Wildman–Crippen LogP) is 4.12. The number of aromatic amines is 1. The molecule has 4 rings (SSSR count). The summed E-state index contributed by atoms with van der Waals surface area (Å²) in [6.07, 6.45) is 0. The molecule has 0 spiro atoms. The van der Waals surface area contributed by atoms with E-state index in [0.717, 1.165) is 26.2 Å². The minimum atomic E-state index is -0.281. The number of benzene rings is 1. The molecule has 0 fully saturated rings. The summed E-state index contributed by atoms with van der Waals surface area (Å²) in [5.41, 5.74) is 8.99. The van der Waals surface area contributed by atoms with Crippen molar-refractivity contribution in [2.75, 3.05) is 0 Å². The summed E-state index contributed by atoms with van der Waals surface area (Å²) in [5, 5.41) is 18.9. The molecule has 3 N–H and O–H groups in total. The third-order valence-corrected chi connectivity index (χ3v) is 5.37. The molecule has 3 heterocycles. The van der Waals surface area contributed by atoms with Gasteiger partial charge in [-0.1, -0.05) is 34.1 Å².